The molecule has 0 N–H and O–H groups in total. The maximum absolute atomic E-state index is 5.29. The monoisotopic (exact) mass is 389 g/mol. The number of aromatic nitrogens is 1. The second-order valence-electron chi connectivity index (χ2n) is 8.50. The Bertz CT molecular complexity index is 1200. The van der Waals surface area contributed by atoms with Gasteiger partial charge in [0.1, 0.15) is 0 Å². The Morgan fingerprint density at radius 1 is 0.767 bits per heavy atom. The van der Waals surface area contributed by atoms with Crippen LogP contribution >= 0.6 is 0 Å². The molecule has 3 aromatic carbocycles. The molecule has 5 rings (SSSR count). The number of fused-ring (bicyclic) bond motifs is 1. The van der Waals surface area contributed by atoms with Gasteiger partial charge in [0.25, 0.3) is 0 Å². The first-order chi connectivity index (χ1) is 14.7. The zero-order chi connectivity index (χ0) is 20.5. The molecule has 1 heterocycles. The van der Waals surface area contributed by atoms with Gasteiger partial charge in [0.15, 0.2) is 0 Å². The molecule has 1 saturated carbocycles. The highest BCUT2D eigenvalue weighted by Gasteiger charge is 2.23. The predicted molar refractivity (Wildman–Crippen MR) is 128 cm³/mol. The number of hydrogen-bond donors (Lipinski definition) is 0. The number of pyridine rings is 1. The molecule has 0 radical (unpaired) electrons. The number of aryl methyl sites for hydroxylation is 1. The van der Waals surface area contributed by atoms with E-state index in [9.17, 15) is 0 Å². The molecule has 148 valence electrons. The zero-order valence-electron chi connectivity index (χ0n) is 17.6. The fourth-order valence-corrected chi connectivity index (χ4v) is 4.87. The van der Waals surface area contributed by atoms with Crippen LogP contribution in [0.5, 0.6) is 0 Å². The van der Waals surface area contributed by atoms with Crippen molar-refractivity contribution in [3.8, 4) is 22.4 Å². The minimum absolute atomic E-state index is 0.484. The van der Waals surface area contributed by atoms with Gasteiger partial charge in [0, 0.05) is 22.6 Å². The average molecular weight is 390 g/mol. The number of rotatable bonds is 3. The van der Waals surface area contributed by atoms with Crippen LogP contribution in [0.2, 0.25) is 0 Å². The minimum Gasteiger partial charge on any atom is -0.252 e. The first-order valence-electron chi connectivity index (χ1n) is 10.9. The van der Waals surface area contributed by atoms with E-state index >= 15 is 0 Å². The van der Waals surface area contributed by atoms with Crippen LogP contribution in [0.3, 0.4) is 0 Å². The number of allylic oxidation sites excluding steroid dienone is 1. The lowest BCUT2D eigenvalue weighted by Crippen LogP contribution is -2.11. The summed E-state index contributed by atoms with van der Waals surface area (Å²) in [6, 6.07) is 28.1. The largest absolute Gasteiger partial charge is 0.252 e. The fraction of sp³-hybridized carbons (Fsp3) is 0.207. The van der Waals surface area contributed by atoms with Crippen molar-refractivity contribution in [1.29, 1.82) is 0 Å². The topological polar surface area (TPSA) is 12.9 Å². The molecule has 1 aliphatic carbocycles. The predicted octanol–water partition coefficient (Wildman–Crippen LogP) is 8.09. The van der Waals surface area contributed by atoms with Gasteiger partial charge in [-0.3, -0.25) is 4.98 Å². The first-order valence-corrected chi connectivity index (χ1v) is 10.9. The van der Waals surface area contributed by atoms with Crippen LogP contribution in [0.15, 0.2) is 91.0 Å². The highest BCUT2D eigenvalue weighted by atomic mass is 14.7. The minimum atomic E-state index is 0.484. The standard InChI is InChI=1S/C29H27N/c1-20-9-8-12-25(19-20)28-21(2)26-13-6-7-14-27(26)29(30-28)24-17-15-23(16-18-24)22-10-4-3-5-11-22/h3-7,10-11,13-18,25H,1,8-9,12,19H2,2H3. The number of nitrogens with zero attached hydrogens (tertiary/aromatic N) is 1. The molecule has 0 spiro atoms. The van der Waals surface area contributed by atoms with E-state index in [4.69, 9.17) is 4.98 Å². The fourth-order valence-electron chi connectivity index (χ4n) is 4.87. The van der Waals surface area contributed by atoms with Crippen LogP contribution in [0.1, 0.15) is 42.9 Å². The lowest BCUT2D eigenvalue weighted by atomic mass is 9.81. The lowest BCUT2D eigenvalue weighted by molar-refractivity contribution is 0.513. The number of hydrogen-bond acceptors (Lipinski definition) is 1. The van der Waals surface area contributed by atoms with Crippen molar-refractivity contribution < 1.29 is 0 Å². The molecule has 1 heteroatoms. The molecule has 1 nitrogen and oxygen atoms in total. The van der Waals surface area contributed by atoms with Crippen LogP contribution < -0.4 is 0 Å². The maximum Gasteiger partial charge on any atom is 0.0783 e. The lowest BCUT2D eigenvalue weighted by Gasteiger charge is -2.26. The average Bonchev–Trinajstić information content (AvgIpc) is 2.80. The van der Waals surface area contributed by atoms with Gasteiger partial charge in [-0.25, -0.2) is 0 Å². The SMILES string of the molecule is C=C1CCCC(c2nc(-c3ccc(-c4ccccc4)cc3)c3ccccc3c2C)C1. The highest BCUT2D eigenvalue weighted by molar-refractivity contribution is 5.97. The van der Waals surface area contributed by atoms with E-state index in [-0.39, 0.29) is 0 Å². The Labute approximate surface area is 179 Å². The van der Waals surface area contributed by atoms with Crippen molar-refractivity contribution in [2.45, 2.75) is 38.5 Å². The molecule has 1 aromatic heterocycles. The van der Waals surface area contributed by atoms with Crippen molar-refractivity contribution in [2.24, 2.45) is 0 Å². The van der Waals surface area contributed by atoms with E-state index in [1.54, 1.807) is 0 Å². The second kappa shape index (κ2) is 7.91. The zero-order valence-corrected chi connectivity index (χ0v) is 17.6. The van der Waals surface area contributed by atoms with Crippen LogP contribution in [-0.4, -0.2) is 4.98 Å². The van der Waals surface area contributed by atoms with E-state index in [0.717, 1.165) is 18.5 Å². The van der Waals surface area contributed by atoms with Crippen LogP contribution in [-0.2, 0) is 0 Å². The van der Waals surface area contributed by atoms with Gasteiger partial charge in [0.05, 0.1) is 5.69 Å². The summed E-state index contributed by atoms with van der Waals surface area (Å²) in [5.74, 6) is 0.484. The van der Waals surface area contributed by atoms with Crippen molar-refractivity contribution >= 4 is 10.8 Å². The quantitative estimate of drug-likeness (QED) is 0.323. The summed E-state index contributed by atoms with van der Waals surface area (Å²) in [7, 11) is 0. The molecule has 4 aromatic rings. The van der Waals surface area contributed by atoms with E-state index in [1.165, 1.54) is 57.1 Å². The molecular formula is C29H27N. The molecule has 1 aliphatic rings. The van der Waals surface area contributed by atoms with Gasteiger partial charge in [0.2, 0.25) is 0 Å². The Morgan fingerprint density at radius 3 is 2.13 bits per heavy atom. The third kappa shape index (κ3) is 3.45. The summed E-state index contributed by atoms with van der Waals surface area (Å²) in [6.07, 6.45) is 4.66. The van der Waals surface area contributed by atoms with Crippen molar-refractivity contribution in [1.82, 2.24) is 4.98 Å². The van der Waals surface area contributed by atoms with Gasteiger partial charge in [-0.05, 0) is 54.7 Å². The summed E-state index contributed by atoms with van der Waals surface area (Å²) < 4.78 is 0. The molecule has 30 heavy (non-hydrogen) atoms. The Kier molecular flexibility index (Phi) is 4.96. The normalized spacial score (nSPS) is 16.7. The molecule has 1 unspecified atom stereocenters. The van der Waals surface area contributed by atoms with Crippen LogP contribution in [0.25, 0.3) is 33.2 Å². The first kappa shape index (κ1) is 18.8. The van der Waals surface area contributed by atoms with Crippen molar-refractivity contribution in [3.05, 3.63) is 102 Å². The summed E-state index contributed by atoms with van der Waals surface area (Å²) in [6.45, 7) is 6.51. The molecule has 0 bridgehead atoms. The third-order valence-corrected chi connectivity index (χ3v) is 6.47. The van der Waals surface area contributed by atoms with E-state index in [2.05, 4.69) is 92.4 Å². The van der Waals surface area contributed by atoms with Crippen molar-refractivity contribution in [3.63, 3.8) is 0 Å². The Balaban J connectivity index is 1.63. The van der Waals surface area contributed by atoms with E-state index in [0.29, 0.717) is 5.92 Å². The summed E-state index contributed by atoms with van der Waals surface area (Å²) in [5.41, 5.74) is 8.72. The third-order valence-electron chi connectivity index (χ3n) is 6.47. The van der Waals surface area contributed by atoms with E-state index in [1.807, 2.05) is 0 Å². The summed E-state index contributed by atoms with van der Waals surface area (Å²) in [4.78, 5) is 5.29. The van der Waals surface area contributed by atoms with Crippen LogP contribution in [0, 0.1) is 6.92 Å². The van der Waals surface area contributed by atoms with Gasteiger partial charge < -0.3 is 0 Å². The van der Waals surface area contributed by atoms with Gasteiger partial charge >= 0.3 is 0 Å². The molecule has 1 atom stereocenters. The smallest absolute Gasteiger partial charge is 0.0783 e. The van der Waals surface area contributed by atoms with Gasteiger partial charge in [-0.1, -0.05) is 91.0 Å². The summed E-state index contributed by atoms with van der Waals surface area (Å²) in [5, 5.41) is 2.56. The number of benzene rings is 3. The molecule has 0 saturated heterocycles. The molecule has 0 aliphatic heterocycles. The van der Waals surface area contributed by atoms with Crippen LogP contribution in [0.4, 0.5) is 0 Å². The Morgan fingerprint density at radius 2 is 1.40 bits per heavy atom. The maximum atomic E-state index is 5.29. The second-order valence-corrected chi connectivity index (χ2v) is 8.50. The summed E-state index contributed by atoms with van der Waals surface area (Å²) >= 11 is 0. The van der Waals surface area contributed by atoms with Gasteiger partial charge in [-0.15, -0.1) is 0 Å². The molecule has 0 amide bonds. The molecular weight excluding hydrogens is 362 g/mol. The highest BCUT2D eigenvalue weighted by Crippen LogP contribution is 2.40. The van der Waals surface area contributed by atoms with Crippen molar-refractivity contribution in [2.75, 3.05) is 0 Å². The molecule has 1 fully saturated rings. The Hall–Kier alpha value is -3.19. The van der Waals surface area contributed by atoms with E-state index < -0.39 is 0 Å². The van der Waals surface area contributed by atoms with Gasteiger partial charge in [-0.2, -0.15) is 0 Å².